The van der Waals surface area contributed by atoms with Gasteiger partial charge in [-0.3, -0.25) is 4.79 Å². The zero-order valence-electron chi connectivity index (χ0n) is 13.1. The normalized spacial score (nSPS) is 10.3. The molecule has 0 saturated heterocycles. The number of aromatic nitrogens is 2. The van der Waals surface area contributed by atoms with Gasteiger partial charge in [-0.05, 0) is 0 Å². The Balaban J connectivity index is 2.07. The lowest BCUT2D eigenvalue weighted by molar-refractivity contribution is 0.103. The molecule has 2 aromatic carbocycles. The van der Waals surface area contributed by atoms with Crippen molar-refractivity contribution >= 4 is 11.6 Å². The number of hydrogen-bond donors (Lipinski definition) is 0. The van der Waals surface area contributed by atoms with Gasteiger partial charge in [0.1, 0.15) is 5.82 Å². The van der Waals surface area contributed by atoms with Crippen LogP contribution in [0.15, 0.2) is 66.9 Å². The van der Waals surface area contributed by atoms with Crippen LogP contribution in [-0.4, -0.2) is 29.8 Å². The van der Waals surface area contributed by atoms with Crippen molar-refractivity contribution in [3.63, 3.8) is 0 Å². The van der Waals surface area contributed by atoms with Crippen molar-refractivity contribution in [2.45, 2.75) is 0 Å². The molecular formula is C19H17N3O. The van der Waals surface area contributed by atoms with Crippen LogP contribution in [0.25, 0.3) is 11.4 Å². The molecule has 0 unspecified atom stereocenters. The third-order valence-electron chi connectivity index (χ3n) is 3.50. The maximum absolute atomic E-state index is 12.7. The summed E-state index contributed by atoms with van der Waals surface area (Å²) in [5.41, 5.74) is 2.06. The second kappa shape index (κ2) is 6.40. The first-order valence-electron chi connectivity index (χ1n) is 7.36. The molecule has 0 radical (unpaired) electrons. The minimum atomic E-state index is -0.0751. The van der Waals surface area contributed by atoms with E-state index in [0.29, 0.717) is 22.8 Å². The zero-order valence-corrected chi connectivity index (χ0v) is 13.1. The van der Waals surface area contributed by atoms with Gasteiger partial charge in [-0.15, -0.1) is 0 Å². The molecule has 3 aromatic rings. The molecule has 0 atom stereocenters. The van der Waals surface area contributed by atoms with Crippen LogP contribution in [0, 0.1) is 0 Å². The molecule has 114 valence electrons. The summed E-state index contributed by atoms with van der Waals surface area (Å²) in [4.78, 5) is 23.5. The maximum Gasteiger partial charge on any atom is 0.198 e. The van der Waals surface area contributed by atoms with E-state index < -0.39 is 0 Å². The molecule has 0 amide bonds. The van der Waals surface area contributed by atoms with E-state index in [0.717, 1.165) is 5.56 Å². The number of hydrogen-bond acceptors (Lipinski definition) is 4. The van der Waals surface area contributed by atoms with Gasteiger partial charge in [0.25, 0.3) is 0 Å². The molecule has 0 bridgehead atoms. The van der Waals surface area contributed by atoms with Gasteiger partial charge in [-0.2, -0.15) is 0 Å². The van der Waals surface area contributed by atoms with Gasteiger partial charge in [-0.25, -0.2) is 9.97 Å². The van der Waals surface area contributed by atoms with Gasteiger partial charge in [0.05, 0.1) is 5.56 Å². The number of carbonyl (C=O) groups excluding carboxylic acids is 1. The Hall–Kier alpha value is -3.01. The largest absolute Gasteiger partial charge is 0.362 e. The topological polar surface area (TPSA) is 46.1 Å². The van der Waals surface area contributed by atoms with Crippen molar-refractivity contribution in [1.82, 2.24) is 9.97 Å². The van der Waals surface area contributed by atoms with Gasteiger partial charge in [0.15, 0.2) is 11.6 Å². The molecule has 1 heterocycles. The fraction of sp³-hybridized carbons (Fsp3) is 0.105. The Morgan fingerprint density at radius 1 is 0.913 bits per heavy atom. The Bertz CT molecular complexity index is 815. The highest BCUT2D eigenvalue weighted by Gasteiger charge is 2.18. The number of carbonyl (C=O) groups is 1. The molecular weight excluding hydrogens is 286 g/mol. The Kier molecular flexibility index (Phi) is 4.15. The summed E-state index contributed by atoms with van der Waals surface area (Å²) in [6.07, 6.45) is 1.61. The average molecular weight is 303 g/mol. The van der Waals surface area contributed by atoms with Crippen LogP contribution in [-0.2, 0) is 0 Å². The summed E-state index contributed by atoms with van der Waals surface area (Å²) in [5.74, 6) is 1.15. The molecule has 4 heteroatoms. The molecule has 0 spiro atoms. The minimum Gasteiger partial charge on any atom is -0.362 e. The second-order valence-electron chi connectivity index (χ2n) is 5.39. The van der Waals surface area contributed by atoms with Crippen LogP contribution in [0.1, 0.15) is 15.9 Å². The van der Waals surface area contributed by atoms with Crippen LogP contribution in [0.5, 0.6) is 0 Å². The van der Waals surface area contributed by atoms with Gasteiger partial charge in [0.2, 0.25) is 0 Å². The van der Waals surface area contributed by atoms with Crippen molar-refractivity contribution in [1.29, 1.82) is 0 Å². The fourth-order valence-corrected chi connectivity index (χ4v) is 2.35. The summed E-state index contributed by atoms with van der Waals surface area (Å²) in [6, 6.07) is 18.9. The van der Waals surface area contributed by atoms with Crippen molar-refractivity contribution in [2.75, 3.05) is 19.0 Å². The van der Waals surface area contributed by atoms with Gasteiger partial charge in [-0.1, -0.05) is 60.7 Å². The number of nitrogens with zero attached hydrogens (tertiary/aromatic N) is 3. The van der Waals surface area contributed by atoms with E-state index >= 15 is 0 Å². The van der Waals surface area contributed by atoms with Crippen molar-refractivity contribution in [3.8, 4) is 11.4 Å². The van der Waals surface area contributed by atoms with E-state index in [-0.39, 0.29) is 5.78 Å². The highest BCUT2D eigenvalue weighted by molar-refractivity contribution is 6.11. The molecule has 1 aromatic heterocycles. The maximum atomic E-state index is 12.7. The fourth-order valence-electron chi connectivity index (χ4n) is 2.35. The average Bonchev–Trinajstić information content (AvgIpc) is 2.62. The van der Waals surface area contributed by atoms with Crippen LogP contribution in [0.4, 0.5) is 5.82 Å². The predicted octanol–water partition coefficient (Wildman–Crippen LogP) is 3.44. The van der Waals surface area contributed by atoms with E-state index in [1.807, 2.05) is 67.5 Å². The molecule has 0 fully saturated rings. The smallest absolute Gasteiger partial charge is 0.198 e. The van der Waals surface area contributed by atoms with Crippen LogP contribution in [0.3, 0.4) is 0 Å². The molecule has 23 heavy (non-hydrogen) atoms. The minimum absolute atomic E-state index is 0.0751. The van der Waals surface area contributed by atoms with Crippen LogP contribution < -0.4 is 4.90 Å². The molecule has 0 aliphatic heterocycles. The molecule has 0 aliphatic carbocycles. The Morgan fingerprint density at radius 2 is 1.52 bits per heavy atom. The first-order valence-corrected chi connectivity index (χ1v) is 7.36. The van der Waals surface area contributed by atoms with Gasteiger partial charge < -0.3 is 4.90 Å². The van der Waals surface area contributed by atoms with E-state index in [1.165, 1.54) is 0 Å². The molecule has 0 N–H and O–H groups in total. The number of anilines is 1. The second-order valence-corrected chi connectivity index (χ2v) is 5.39. The van der Waals surface area contributed by atoms with Gasteiger partial charge >= 0.3 is 0 Å². The van der Waals surface area contributed by atoms with Crippen LogP contribution >= 0.6 is 0 Å². The third-order valence-corrected chi connectivity index (χ3v) is 3.50. The number of benzene rings is 2. The number of ketones is 1. The summed E-state index contributed by atoms with van der Waals surface area (Å²) in [6.45, 7) is 0. The monoisotopic (exact) mass is 303 g/mol. The first kappa shape index (κ1) is 14.9. The lowest BCUT2D eigenvalue weighted by Gasteiger charge is -2.16. The summed E-state index contributed by atoms with van der Waals surface area (Å²) in [5, 5.41) is 0. The summed E-state index contributed by atoms with van der Waals surface area (Å²) < 4.78 is 0. The van der Waals surface area contributed by atoms with E-state index in [4.69, 9.17) is 0 Å². The molecule has 0 aliphatic rings. The molecule has 0 saturated carbocycles. The Morgan fingerprint density at radius 3 is 2.13 bits per heavy atom. The Labute approximate surface area is 135 Å². The van der Waals surface area contributed by atoms with Crippen molar-refractivity contribution < 1.29 is 4.79 Å². The zero-order chi connectivity index (χ0) is 16.2. The highest BCUT2D eigenvalue weighted by atomic mass is 16.1. The van der Waals surface area contributed by atoms with E-state index in [1.54, 1.807) is 18.3 Å². The number of rotatable bonds is 4. The standard InChI is InChI=1S/C19H17N3O/c1-22(2)19-16(17(23)14-9-5-3-6-10-14)13-20-18(21-19)15-11-7-4-8-12-15/h3-13H,1-2H3. The lowest BCUT2D eigenvalue weighted by Crippen LogP contribution is -2.17. The lowest BCUT2D eigenvalue weighted by atomic mass is 10.0. The first-order chi connectivity index (χ1) is 11.2. The van der Waals surface area contributed by atoms with E-state index in [2.05, 4.69) is 9.97 Å². The molecule has 3 rings (SSSR count). The van der Waals surface area contributed by atoms with Crippen LogP contribution in [0.2, 0.25) is 0 Å². The van der Waals surface area contributed by atoms with Crippen molar-refractivity contribution in [2.24, 2.45) is 0 Å². The quantitative estimate of drug-likeness (QED) is 0.693. The summed E-state index contributed by atoms with van der Waals surface area (Å²) >= 11 is 0. The SMILES string of the molecule is CN(C)c1nc(-c2ccccc2)ncc1C(=O)c1ccccc1. The third kappa shape index (κ3) is 3.11. The predicted molar refractivity (Wildman–Crippen MR) is 91.7 cm³/mol. The summed E-state index contributed by atoms with van der Waals surface area (Å²) in [7, 11) is 3.75. The van der Waals surface area contributed by atoms with E-state index in [9.17, 15) is 4.79 Å². The van der Waals surface area contributed by atoms with Crippen molar-refractivity contribution in [3.05, 3.63) is 78.0 Å². The molecule has 4 nitrogen and oxygen atoms in total. The van der Waals surface area contributed by atoms with Gasteiger partial charge in [0, 0.05) is 31.4 Å². The highest BCUT2D eigenvalue weighted by Crippen LogP contribution is 2.23.